The van der Waals surface area contributed by atoms with Crippen LogP contribution in [0.2, 0.25) is 0 Å². The lowest BCUT2D eigenvalue weighted by Crippen LogP contribution is -2.49. The van der Waals surface area contributed by atoms with E-state index in [0.29, 0.717) is 19.0 Å². The molecule has 0 aromatic heterocycles. The Hall–Kier alpha value is -1.49. The van der Waals surface area contributed by atoms with E-state index in [9.17, 15) is 13.6 Å². The molecule has 2 unspecified atom stereocenters. The van der Waals surface area contributed by atoms with Gasteiger partial charge in [0.05, 0.1) is 5.56 Å². The molecule has 1 aliphatic heterocycles. The highest BCUT2D eigenvalue weighted by atomic mass is 19.1. The standard InChI is InChI=1S/C13H16F2N2O/c1-8-4-10(16)7-17(6-8)13(18)11-3-2-9(14)5-12(11)15/h2-3,5,8,10H,4,6-7,16H2,1H3. The molecule has 0 radical (unpaired) electrons. The predicted molar refractivity (Wildman–Crippen MR) is 64.0 cm³/mol. The van der Waals surface area contributed by atoms with Crippen molar-refractivity contribution in [3.8, 4) is 0 Å². The third-order valence-electron chi connectivity index (χ3n) is 3.14. The summed E-state index contributed by atoms with van der Waals surface area (Å²) in [4.78, 5) is 13.7. The maximum absolute atomic E-state index is 13.5. The Kier molecular flexibility index (Phi) is 3.61. The number of carbonyl (C=O) groups excluding carboxylic acids is 1. The smallest absolute Gasteiger partial charge is 0.256 e. The van der Waals surface area contributed by atoms with Crippen molar-refractivity contribution >= 4 is 5.91 Å². The molecule has 2 atom stereocenters. The van der Waals surface area contributed by atoms with Crippen LogP contribution in [-0.4, -0.2) is 29.9 Å². The van der Waals surface area contributed by atoms with Gasteiger partial charge in [-0.15, -0.1) is 0 Å². The van der Waals surface area contributed by atoms with Gasteiger partial charge >= 0.3 is 0 Å². The van der Waals surface area contributed by atoms with Crippen molar-refractivity contribution < 1.29 is 13.6 Å². The van der Waals surface area contributed by atoms with Crippen LogP contribution in [0.3, 0.4) is 0 Å². The minimum absolute atomic E-state index is 0.0822. The molecular formula is C13H16F2N2O. The zero-order valence-corrected chi connectivity index (χ0v) is 10.2. The highest BCUT2D eigenvalue weighted by molar-refractivity contribution is 5.94. The minimum Gasteiger partial charge on any atom is -0.337 e. The van der Waals surface area contributed by atoms with Gasteiger partial charge in [0.1, 0.15) is 11.6 Å². The molecule has 0 aliphatic carbocycles. The fourth-order valence-corrected chi connectivity index (χ4v) is 2.40. The molecule has 2 N–H and O–H groups in total. The van der Waals surface area contributed by atoms with Gasteiger partial charge in [-0.25, -0.2) is 8.78 Å². The Labute approximate surface area is 105 Å². The molecule has 3 nitrogen and oxygen atoms in total. The van der Waals surface area contributed by atoms with Crippen LogP contribution < -0.4 is 5.73 Å². The minimum atomic E-state index is -0.827. The lowest BCUT2D eigenvalue weighted by atomic mass is 9.96. The molecule has 0 bridgehead atoms. The number of hydrogen-bond donors (Lipinski definition) is 1. The third-order valence-corrected chi connectivity index (χ3v) is 3.14. The lowest BCUT2D eigenvalue weighted by Gasteiger charge is -2.34. The van der Waals surface area contributed by atoms with Crippen molar-refractivity contribution in [1.29, 1.82) is 0 Å². The van der Waals surface area contributed by atoms with E-state index in [4.69, 9.17) is 5.73 Å². The first-order valence-electron chi connectivity index (χ1n) is 5.97. The SMILES string of the molecule is CC1CC(N)CN(C(=O)c2ccc(F)cc2F)C1. The van der Waals surface area contributed by atoms with E-state index in [1.54, 1.807) is 0 Å². The number of rotatable bonds is 1. The van der Waals surface area contributed by atoms with E-state index in [0.717, 1.165) is 18.6 Å². The topological polar surface area (TPSA) is 46.3 Å². The number of likely N-dealkylation sites (tertiary alicyclic amines) is 1. The summed E-state index contributed by atoms with van der Waals surface area (Å²) in [5.41, 5.74) is 5.75. The van der Waals surface area contributed by atoms with E-state index >= 15 is 0 Å². The van der Waals surface area contributed by atoms with Crippen LogP contribution in [0, 0.1) is 17.6 Å². The van der Waals surface area contributed by atoms with Gasteiger partial charge in [-0.1, -0.05) is 6.92 Å². The van der Waals surface area contributed by atoms with Crippen molar-refractivity contribution in [3.63, 3.8) is 0 Å². The van der Waals surface area contributed by atoms with Crippen molar-refractivity contribution in [2.75, 3.05) is 13.1 Å². The number of benzene rings is 1. The molecule has 1 saturated heterocycles. The second-order valence-corrected chi connectivity index (χ2v) is 4.94. The number of nitrogens with two attached hydrogens (primary N) is 1. The molecule has 1 fully saturated rings. The Balaban J connectivity index is 2.20. The summed E-state index contributed by atoms with van der Waals surface area (Å²) in [6, 6.07) is 2.91. The summed E-state index contributed by atoms with van der Waals surface area (Å²) < 4.78 is 26.3. The lowest BCUT2D eigenvalue weighted by molar-refractivity contribution is 0.0656. The molecular weight excluding hydrogens is 238 g/mol. The molecule has 1 aromatic carbocycles. The molecule has 5 heteroatoms. The summed E-state index contributed by atoms with van der Waals surface area (Å²) in [5.74, 6) is -1.64. The van der Waals surface area contributed by atoms with Crippen LogP contribution in [-0.2, 0) is 0 Å². The monoisotopic (exact) mass is 254 g/mol. The Morgan fingerprint density at radius 2 is 2.11 bits per heavy atom. The van der Waals surface area contributed by atoms with Crippen LogP contribution in [0.25, 0.3) is 0 Å². The average Bonchev–Trinajstić information content (AvgIpc) is 2.26. The van der Waals surface area contributed by atoms with E-state index in [-0.39, 0.29) is 11.6 Å². The molecule has 98 valence electrons. The van der Waals surface area contributed by atoms with Gasteiger partial charge in [0.15, 0.2) is 0 Å². The van der Waals surface area contributed by atoms with Crippen molar-refractivity contribution in [1.82, 2.24) is 4.90 Å². The number of carbonyl (C=O) groups is 1. The maximum Gasteiger partial charge on any atom is 0.256 e. The first-order valence-corrected chi connectivity index (χ1v) is 5.97. The normalized spacial score (nSPS) is 24.1. The Morgan fingerprint density at radius 1 is 1.39 bits per heavy atom. The van der Waals surface area contributed by atoms with E-state index in [2.05, 4.69) is 0 Å². The molecule has 1 aromatic rings. The van der Waals surface area contributed by atoms with Gasteiger partial charge in [0.2, 0.25) is 0 Å². The second-order valence-electron chi connectivity index (χ2n) is 4.94. The highest BCUT2D eigenvalue weighted by Crippen LogP contribution is 2.19. The van der Waals surface area contributed by atoms with Gasteiger partial charge in [0, 0.05) is 25.2 Å². The second kappa shape index (κ2) is 5.02. The Bertz CT molecular complexity index is 454. The summed E-state index contributed by atoms with van der Waals surface area (Å²) in [6.07, 6.45) is 0.857. The largest absolute Gasteiger partial charge is 0.337 e. The van der Waals surface area contributed by atoms with Gasteiger partial charge in [-0.2, -0.15) is 0 Å². The highest BCUT2D eigenvalue weighted by Gasteiger charge is 2.27. The molecule has 1 amide bonds. The number of hydrogen-bond acceptors (Lipinski definition) is 2. The van der Waals surface area contributed by atoms with Crippen molar-refractivity contribution in [2.45, 2.75) is 19.4 Å². The number of amides is 1. The van der Waals surface area contributed by atoms with Gasteiger partial charge in [-0.05, 0) is 24.5 Å². The maximum atomic E-state index is 13.5. The molecule has 18 heavy (non-hydrogen) atoms. The number of nitrogens with zero attached hydrogens (tertiary/aromatic N) is 1. The van der Waals surface area contributed by atoms with Crippen LogP contribution in [0.15, 0.2) is 18.2 Å². The summed E-state index contributed by atoms with van der Waals surface area (Å²) in [6.45, 7) is 2.98. The third kappa shape index (κ3) is 2.67. The fraction of sp³-hybridized carbons (Fsp3) is 0.462. The average molecular weight is 254 g/mol. The van der Waals surface area contributed by atoms with Gasteiger partial charge in [0.25, 0.3) is 5.91 Å². The molecule has 1 heterocycles. The summed E-state index contributed by atoms with van der Waals surface area (Å²) in [7, 11) is 0. The zero-order valence-electron chi connectivity index (χ0n) is 10.2. The molecule has 0 spiro atoms. The van der Waals surface area contributed by atoms with Crippen molar-refractivity contribution in [3.05, 3.63) is 35.4 Å². The van der Waals surface area contributed by atoms with Crippen LogP contribution in [0.1, 0.15) is 23.7 Å². The van der Waals surface area contributed by atoms with Crippen molar-refractivity contribution in [2.24, 2.45) is 11.7 Å². The molecule has 2 rings (SSSR count). The molecule has 1 aliphatic rings. The van der Waals surface area contributed by atoms with E-state index in [1.807, 2.05) is 6.92 Å². The number of halogens is 2. The van der Waals surface area contributed by atoms with Crippen LogP contribution in [0.4, 0.5) is 8.78 Å². The van der Waals surface area contributed by atoms with Crippen LogP contribution >= 0.6 is 0 Å². The van der Waals surface area contributed by atoms with Gasteiger partial charge in [-0.3, -0.25) is 4.79 Å². The van der Waals surface area contributed by atoms with E-state index in [1.165, 1.54) is 11.0 Å². The number of piperidine rings is 1. The summed E-state index contributed by atoms with van der Waals surface area (Å²) in [5, 5.41) is 0. The zero-order chi connectivity index (χ0) is 13.3. The fourth-order valence-electron chi connectivity index (χ4n) is 2.40. The van der Waals surface area contributed by atoms with Crippen LogP contribution in [0.5, 0.6) is 0 Å². The predicted octanol–water partition coefficient (Wildman–Crippen LogP) is 1.77. The quantitative estimate of drug-likeness (QED) is 0.830. The molecule has 0 saturated carbocycles. The Morgan fingerprint density at radius 3 is 2.72 bits per heavy atom. The van der Waals surface area contributed by atoms with Gasteiger partial charge < -0.3 is 10.6 Å². The van der Waals surface area contributed by atoms with E-state index < -0.39 is 17.5 Å². The summed E-state index contributed by atoms with van der Waals surface area (Å²) >= 11 is 0. The first-order chi connectivity index (χ1) is 8.47. The first kappa shape index (κ1) is 13.0.